The van der Waals surface area contributed by atoms with E-state index < -0.39 is 0 Å². The van der Waals surface area contributed by atoms with Crippen molar-refractivity contribution >= 4 is 23.6 Å². The van der Waals surface area contributed by atoms with E-state index in [2.05, 4.69) is 22.3 Å². The van der Waals surface area contributed by atoms with Gasteiger partial charge in [0.1, 0.15) is 11.6 Å². The maximum absolute atomic E-state index is 12.8. The number of carbonyl (C=O) groups excluding carboxylic acids is 2. The van der Waals surface area contributed by atoms with Gasteiger partial charge < -0.3 is 19.1 Å². The largest absolute Gasteiger partial charge is 0.497 e. The number of carbonyl (C=O) groups is 2. The zero-order valence-electron chi connectivity index (χ0n) is 18.8. The van der Waals surface area contributed by atoms with Crippen molar-refractivity contribution < 1.29 is 14.3 Å². The quantitative estimate of drug-likeness (QED) is 0.499. The van der Waals surface area contributed by atoms with Crippen LogP contribution in [0.1, 0.15) is 21.7 Å². The van der Waals surface area contributed by atoms with E-state index in [1.54, 1.807) is 36.3 Å². The average Bonchev–Trinajstić information content (AvgIpc) is 3.21. The summed E-state index contributed by atoms with van der Waals surface area (Å²) in [6.07, 6.45) is 0. The Bertz CT molecular complexity index is 1090. The van der Waals surface area contributed by atoms with Crippen molar-refractivity contribution in [2.45, 2.75) is 18.6 Å². The Hall–Kier alpha value is -3.33. The van der Waals surface area contributed by atoms with E-state index in [1.165, 1.54) is 11.8 Å². The minimum absolute atomic E-state index is 0.0244. The fourth-order valence-corrected chi connectivity index (χ4v) is 4.60. The van der Waals surface area contributed by atoms with Crippen LogP contribution in [0.5, 0.6) is 5.75 Å². The summed E-state index contributed by atoms with van der Waals surface area (Å²) in [4.78, 5) is 29.1. The van der Waals surface area contributed by atoms with Crippen molar-refractivity contribution in [2.75, 3.05) is 39.0 Å². The van der Waals surface area contributed by atoms with Gasteiger partial charge in [-0.2, -0.15) is 0 Å². The molecule has 2 heterocycles. The minimum Gasteiger partial charge on any atom is -0.497 e. The Morgan fingerprint density at radius 1 is 0.939 bits per heavy atom. The molecule has 9 heteroatoms. The number of thioether (sulfide) groups is 1. The van der Waals surface area contributed by atoms with E-state index in [4.69, 9.17) is 4.74 Å². The van der Waals surface area contributed by atoms with E-state index in [0.29, 0.717) is 49.8 Å². The molecule has 1 aliphatic rings. The van der Waals surface area contributed by atoms with Crippen molar-refractivity contribution in [3.8, 4) is 5.75 Å². The Kier molecular flexibility index (Phi) is 7.29. The number of piperazine rings is 1. The molecule has 1 fully saturated rings. The lowest BCUT2D eigenvalue weighted by atomic mass is 10.1. The number of benzene rings is 2. The molecule has 0 aliphatic carbocycles. The van der Waals surface area contributed by atoms with Gasteiger partial charge in [0.2, 0.25) is 5.91 Å². The molecule has 0 atom stereocenters. The van der Waals surface area contributed by atoms with Gasteiger partial charge in [-0.1, -0.05) is 42.1 Å². The standard InChI is InChI=1S/C24H27N5O3S/c1-18-25-26-24(29(18)16-19-6-4-3-5-7-19)33-17-22(30)27-12-14-28(15-13-27)23(31)20-8-10-21(32-2)11-9-20/h3-11H,12-17H2,1-2H3. The van der Waals surface area contributed by atoms with Gasteiger partial charge in [-0.15, -0.1) is 10.2 Å². The summed E-state index contributed by atoms with van der Waals surface area (Å²) in [6, 6.07) is 17.2. The maximum Gasteiger partial charge on any atom is 0.253 e. The molecule has 172 valence electrons. The molecule has 1 saturated heterocycles. The van der Waals surface area contributed by atoms with Crippen LogP contribution in [0.4, 0.5) is 0 Å². The molecule has 0 unspecified atom stereocenters. The fraction of sp³-hybridized carbons (Fsp3) is 0.333. The predicted molar refractivity (Wildman–Crippen MR) is 127 cm³/mol. The van der Waals surface area contributed by atoms with Crippen LogP contribution in [0.2, 0.25) is 0 Å². The highest BCUT2D eigenvalue weighted by Gasteiger charge is 2.25. The second-order valence-corrected chi connectivity index (χ2v) is 8.73. The zero-order chi connectivity index (χ0) is 23.2. The number of hydrogen-bond acceptors (Lipinski definition) is 6. The van der Waals surface area contributed by atoms with Crippen molar-refractivity contribution in [3.63, 3.8) is 0 Å². The van der Waals surface area contributed by atoms with Gasteiger partial charge in [0, 0.05) is 31.7 Å². The number of hydrogen-bond donors (Lipinski definition) is 0. The van der Waals surface area contributed by atoms with Crippen molar-refractivity contribution in [3.05, 3.63) is 71.5 Å². The summed E-state index contributed by atoms with van der Waals surface area (Å²) in [7, 11) is 1.60. The topological polar surface area (TPSA) is 80.6 Å². The summed E-state index contributed by atoms with van der Waals surface area (Å²) in [5, 5.41) is 9.18. The van der Waals surface area contributed by atoms with Gasteiger partial charge in [0.25, 0.3) is 5.91 Å². The van der Waals surface area contributed by atoms with Crippen LogP contribution in [-0.4, -0.2) is 75.4 Å². The van der Waals surface area contributed by atoms with Crippen molar-refractivity contribution in [1.29, 1.82) is 0 Å². The highest BCUT2D eigenvalue weighted by molar-refractivity contribution is 7.99. The Morgan fingerprint density at radius 3 is 2.27 bits per heavy atom. The molecule has 0 radical (unpaired) electrons. The lowest BCUT2D eigenvalue weighted by molar-refractivity contribution is -0.129. The number of rotatable bonds is 7. The van der Waals surface area contributed by atoms with E-state index in [-0.39, 0.29) is 11.8 Å². The molecular weight excluding hydrogens is 438 g/mol. The normalized spacial score (nSPS) is 13.8. The third kappa shape index (κ3) is 5.54. The van der Waals surface area contributed by atoms with Crippen LogP contribution in [0.15, 0.2) is 59.8 Å². The Morgan fingerprint density at radius 2 is 1.61 bits per heavy atom. The first-order valence-electron chi connectivity index (χ1n) is 10.8. The first kappa shape index (κ1) is 22.8. The summed E-state index contributed by atoms with van der Waals surface area (Å²) < 4.78 is 7.17. The number of aryl methyl sites for hydroxylation is 1. The van der Waals surface area contributed by atoms with E-state index in [9.17, 15) is 9.59 Å². The molecule has 2 amide bonds. The van der Waals surface area contributed by atoms with Crippen LogP contribution < -0.4 is 4.74 Å². The minimum atomic E-state index is -0.0244. The fourth-order valence-electron chi connectivity index (χ4n) is 3.71. The van der Waals surface area contributed by atoms with Gasteiger partial charge in [-0.3, -0.25) is 9.59 Å². The molecule has 0 bridgehead atoms. The number of methoxy groups -OCH3 is 1. The molecule has 2 aromatic carbocycles. The van der Waals surface area contributed by atoms with Crippen molar-refractivity contribution in [2.24, 2.45) is 0 Å². The third-order valence-corrected chi connectivity index (χ3v) is 6.62. The number of aromatic nitrogens is 3. The SMILES string of the molecule is COc1ccc(C(=O)N2CCN(C(=O)CSc3nnc(C)n3Cc3ccccc3)CC2)cc1. The number of ether oxygens (including phenoxy) is 1. The predicted octanol–water partition coefficient (Wildman–Crippen LogP) is 2.72. The summed E-state index contributed by atoms with van der Waals surface area (Å²) >= 11 is 1.40. The van der Waals surface area contributed by atoms with Gasteiger partial charge in [-0.25, -0.2) is 0 Å². The van der Waals surface area contributed by atoms with Gasteiger partial charge in [-0.05, 0) is 36.8 Å². The smallest absolute Gasteiger partial charge is 0.253 e. The first-order chi connectivity index (χ1) is 16.0. The Labute approximate surface area is 197 Å². The van der Waals surface area contributed by atoms with E-state index >= 15 is 0 Å². The third-order valence-electron chi connectivity index (χ3n) is 5.67. The highest BCUT2D eigenvalue weighted by atomic mass is 32.2. The average molecular weight is 466 g/mol. The second kappa shape index (κ2) is 10.5. The lowest BCUT2D eigenvalue weighted by Gasteiger charge is -2.34. The van der Waals surface area contributed by atoms with Crippen LogP contribution in [-0.2, 0) is 11.3 Å². The van der Waals surface area contributed by atoms with Crippen LogP contribution in [0.3, 0.4) is 0 Å². The van der Waals surface area contributed by atoms with Gasteiger partial charge >= 0.3 is 0 Å². The summed E-state index contributed by atoms with van der Waals surface area (Å²) in [5.41, 5.74) is 1.78. The lowest BCUT2D eigenvalue weighted by Crippen LogP contribution is -2.51. The monoisotopic (exact) mass is 465 g/mol. The molecule has 0 saturated carbocycles. The van der Waals surface area contributed by atoms with Crippen molar-refractivity contribution in [1.82, 2.24) is 24.6 Å². The van der Waals surface area contributed by atoms with E-state index in [1.807, 2.05) is 34.6 Å². The number of amides is 2. The zero-order valence-corrected chi connectivity index (χ0v) is 19.6. The number of nitrogens with zero attached hydrogens (tertiary/aromatic N) is 5. The molecule has 0 N–H and O–H groups in total. The van der Waals surface area contributed by atoms with Gasteiger partial charge in [0.05, 0.1) is 19.4 Å². The molecular formula is C24H27N5O3S. The molecule has 3 aromatic rings. The summed E-state index contributed by atoms with van der Waals surface area (Å²) in [5.74, 6) is 1.85. The molecule has 33 heavy (non-hydrogen) atoms. The van der Waals surface area contributed by atoms with E-state index in [0.717, 1.165) is 16.5 Å². The van der Waals surface area contributed by atoms with Gasteiger partial charge in [0.15, 0.2) is 5.16 Å². The molecule has 8 nitrogen and oxygen atoms in total. The second-order valence-electron chi connectivity index (χ2n) is 7.79. The maximum atomic E-state index is 12.8. The molecule has 0 spiro atoms. The van der Waals surface area contributed by atoms with Crippen LogP contribution in [0, 0.1) is 6.92 Å². The van der Waals surface area contributed by atoms with Crippen LogP contribution >= 0.6 is 11.8 Å². The molecule has 4 rings (SSSR count). The highest BCUT2D eigenvalue weighted by Crippen LogP contribution is 2.20. The first-order valence-corrected chi connectivity index (χ1v) is 11.8. The van der Waals surface area contributed by atoms with Crippen LogP contribution in [0.25, 0.3) is 0 Å². The summed E-state index contributed by atoms with van der Waals surface area (Å²) in [6.45, 7) is 4.67. The molecule has 1 aliphatic heterocycles. The Balaban J connectivity index is 1.29. The molecule has 1 aromatic heterocycles.